The molecular weight excluding hydrogens is 396 g/mol. The Morgan fingerprint density at radius 2 is 0.619 bits per heavy atom. The van der Waals surface area contributed by atoms with Gasteiger partial charge in [0.25, 0.3) is 40.5 Å². The predicted octanol–water partition coefficient (Wildman–Crippen LogP) is -2.67. The van der Waals surface area contributed by atoms with Crippen molar-refractivity contribution in [3.8, 4) is 0 Å². The first-order chi connectivity index (χ1) is 8.83. The molecule has 0 aromatic rings. The van der Waals surface area contributed by atoms with Gasteiger partial charge in [0.05, 0.1) is 25.0 Å². The molecule has 21 heavy (non-hydrogen) atoms. The molecule has 0 unspecified atom stereocenters. The minimum atomic E-state index is -5.69. The van der Waals surface area contributed by atoms with Gasteiger partial charge in [0, 0.05) is 0 Å². The highest BCUT2D eigenvalue weighted by molar-refractivity contribution is 7.91. The second kappa shape index (κ2) is 6.16. The van der Waals surface area contributed by atoms with Crippen LogP contribution in [0.15, 0.2) is 0 Å². The second-order valence-electron chi connectivity index (χ2n) is 3.65. The summed E-state index contributed by atoms with van der Waals surface area (Å²) >= 11 is 0. The molecular formula is C4H12O12S4Si. The van der Waals surface area contributed by atoms with Gasteiger partial charge in [-0.05, 0) is 0 Å². The average molecular weight is 408 g/mol. The van der Waals surface area contributed by atoms with E-state index in [4.69, 9.17) is 0 Å². The molecule has 0 aromatic carbocycles. The van der Waals surface area contributed by atoms with Crippen LogP contribution >= 0.6 is 0 Å². The Bertz CT molecular complexity index is 644. The predicted molar refractivity (Wildman–Crippen MR) is 69.5 cm³/mol. The number of rotatable bonds is 8. The van der Waals surface area contributed by atoms with Crippen molar-refractivity contribution >= 4 is 49.5 Å². The molecule has 0 heterocycles. The van der Waals surface area contributed by atoms with E-state index in [0.29, 0.717) is 25.0 Å². The van der Waals surface area contributed by atoms with Gasteiger partial charge in [-0.1, -0.05) is 0 Å². The molecule has 0 aliphatic rings. The van der Waals surface area contributed by atoms with Crippen LogP contribution in [-0.4, -0.2) is 67.7 Å². The quantitative estimate of drug-likeness (QED) is 0.381. The highest BCUT2D eigenvalue weighted by Crippen LogP contribution is 2.21. The lowest BCUT2D eigenvalue weighted by Gasteiger charge is -2.22. The van der Waals surface area contributed by atoms with Crippen LogP contribution in [0.4, 0.5) is 0 Å². The van der Waals surface area contributed by atoms with Gasteiger partial charge in [0.15, 0.2) is 0 Å². The Hall–Kier alpha value is -0.143. The van der Waals surface area contributed by atoms with E-state index in [1.165, 1.54) is 0 Å². The molecule has 0 radical (unpaired) electrons. The molecule has 128 valence electrons. The summed E-state index contributed by atoms with van der Waals surface area (Å²) in [6, 6.07) is 0. The summed E-state index contributed by atoms with van der Waals surface area (Å²) in [4.78, 5) is 0. The first kappa shape index (κ1) is 20.9. The summed E-state index contributed by atoms with van der Waals surface area (Å²) in [6.07, 6.45) is 1.49. The van der Waals surface area contributed by atoms with E-state index in [-0.39, 0.29) is 0 Å². The molecule has 0 spiro atoms. The minimum absolute atomic E-state index is 0.373. The van der Waals surface area contributed by atoms with Crippen molar-refractivity contribution in [2.24, 2.45) is 0 Å². The topological polar surface area (TPSA) is 173 Å². The van der Waals surface area contributed by atoms with Crippen LogP contribution in [0.1, 0.15) is 0 Å². The van der Waals surface area contributed by atoms with E-state index in [0.717, 1.165) is 0 Å². The summed E-state index contributed by atoms with van der Waals surface area (Å²) < 4.78 is 105. The zero-order valence-electron chi connectivity index (χ0n) is 11.0. The van der Waals surface area contributed by atoms with Crippen LogP contribution < -0.4 is 0 Å². The molecule has 0 aliphatic heterocycles. The fraction of sp³-hybridized carbons (Fsp3) is 1.00. The van der Waals surface area contributed by atoms with Gasteiger partial charge in [0.1, 0.15) is 0 Å². The maximum Gasteiger partial charge on any atom is 0.739 e. The fourth-order valence-corrected chi connectivity index (χ4v) is 8.92. The van der Waals surface area contributed by atoms with Crippen LogP contribution in [0.25, 0.3) is 0 Å². The smallest absolute Gasteiger partial charge is 0.234 e. The molecule has 17 heteroatoms. The number of hydrogen-bond donors (Lipinski definition) is 0. The van der Waals surface area contributed by atoms with Crippen molar-refractivity contribution in [2.75, 3.05) is 25.0 Å². The van der Waals surface area contributed by atoms with Crippen LogP contribution in [0.3, 0.4) is 0 Å². The van der Waals surface area contributed by atoms with Crippen molar-refractivity contribution < 1.29 is 49.2 Å². The third kappa shape index (κ3) is 11.1. The molecule has 0 bridgehead atoms. The Balaban J connectivity index is 6.18. The highest BCUT2D eigenvalue weighted by Gasteiger charge is 2.59. The van der Waals surface area contributed by atoms with Gasteiger partial charge in [-0.2, -0.15) is 0 Å². The van der Waals surface area contributed by atoms with Crippen LogP contribution in [0.2, 0.25) is 0 Å². The van der Waals surface area contributed by atoms with Crippen molar-refractivity contribution in [3.05, 3.63) is 0 Å². The molecule has 0 fully saturated rings. The maximum absolute atomic E-state index is 11.1. The van der Waals surface area contributed by atoms with Gasteiger partial charge in [0.2, 0.25) is 0 Å². The lowest BCUT2D eigenvalue weighted by atomic mass is 12.0. The fourth-order valence-electron chi connectivity index (χ4n) is 0.825. The zero-order chi connectivity index (χ0) is 17.3. The minimum Gasteiger partial charge on any atom is -0.234 e. The maximum atomic E-state index is 11.1. The first-order valence-corrected chi connectivity index (χ1v) is 13.3. The SMILES string of the molecule is CS(=O)(=O)O[Si](OS(C)(=O)=O)(OS(C)(=O)=O)OS(C)(=O)=O. The Kier molecular flexibility index (Phi) is 6.12. The van der Waals surface area contributed by atoms with E-state index >= 15 is 0 Å². The van der Waals surface area contributed by atoms with Crippen molar-refractivity contribution in [3.63, 3.8) is 0 Å². The molecule has 0 atom stereocenters. The summed E-state index contributed by atoms with van der Waals surface area (Å²) in [5.41, 5.74) is 0. The molecule has 0 aromatic heterocycles. The Labute approximate surface area is 124 Å². The van der Waals surface area contributed by atoms with Gasteiger partial charge >= 0.3 is 9.05 Å². The van der Waals surface area contributed by atoms with E-state index in [1.54, 1.807) is 0 Å². The Morgan fingerprint density at radius 3 is 0.714 bits per heavy atom. The summed E-state index contributed by atoms with van der Waals surface area (Å²) in [6.45, 7) is 0. The zero-order valence-corrected chi connectivity index (χ0v) is 15.3. The van der Waals surface area contributed by atoms with Crippen molar-refractivity contribution in [2.45, 2.75) is 0 Å². The lowest BCUT2D eigenvalue weighted by molar-refractivity contribution is 0.179. The molecule has 0 saturated carbocycles. The van der Waals surface area contributed by atoms with Crippen LogP contribution in [-0.2, 0) is 56.0 Å². The summed E-state index contributed by atoms with van der Waals surface area (Å²) in [5, 5.41) is 0. The van der Waals surface area contributed by atoms with Gasteiger partial charge < -0.3 is 0 Å². The summed E-state index contributed by atoms with van der Waals surface area (Å²) in [7, 11) is -24.1. The van der Waals surface area contributed by atoms with Crippen LogP contribution in [0, 0.1) is 0 Å². The molecule has 0 amide bonds. The summed E-state index contributed by atoms with van der Waals surface area (Å²) in [5.74, 6) is 0. The highest BCUT2D eigenvalue weighted by atomic mass is 32.2. The monoisotopic (exact) mass is 408 g/mol. The molecule has 0 rings (SSSR count). The van der Waals surface area contributed by atoms with E-state index in [1.807, 2.05) is 0 Å². The van der Waals surface area contributed by atoms with Crippen LogP contribution in [0.5, 0.6) is 0 Å². The van der Waals surface area contributed by atoms with E-state index in [9.17, 15) is 33.7 Å². The standard InChI is InChI=1S/C4H12O12S4Si/c1-17(5,6)13-21(14-18(2,7)8,15-19(3,9)10)16-20(4,11)12/h1-4H3. The van der Waals surface area contributed by atoms with Gasteiger partial charge in [-0.25, -0.2) is 49.2 Å². The lowest BCUT2D eigenvalue weighted by Crippen LogP contribution is -2.53. The van der Waals surface area contributed by atoms with E-state index in [2.05, 4.69) is 15.5 Å². The molecule has 0 saturated heterocycles. The third-order valence-corrected chi connectivity index (χ3v) is 9.12. The first-order valence-electron chi connectivity index (χ1n) is 4.45. The molecule has 12 nitrogen and oxygen atoms in total. The molecule has 0 N–H and O–H groups in total. The largest absolute Gasteiger partial charge is 0.739 e. The average Bonchev–Trinajstić information content (AvgIpc) is 1.83. The molecule has 0 aliphatic carbocycles. The van der Waals surface area contributed by atoms with E-state index < -0.39 is 49.5 Å². The van der Waals surface area contributed by atoms with Crippen molar-refractivity contribution in [1.82, 2.24) is 0 Å². The number of hydrogen-bond acceptors (Lipinski definition) is 12. The Morgan fingerprint density at radius 1 is 0.476 bits per heavy atom. The normalized spacial score (nSPS) is 15.0. The van der Waals surface area contributed by atoms with Gasteiger partial charge in [-0.3, -0.25) is 0 Å². The third-order valence-electron chi connectivity index (χ3n) is 1.01. The second-order valence-corrected chi connectivity index (χ2v) is 12.9. The van der Waals surface area contributed by atoms with Gasteiger partial charge in [-0.15, -0.1) is 0 Å². The van der Waals surface area contributed by atoms with Crippen molar-refractivity contribution in [1.29, 1.82) is 0 Å².